The molecule has 0 bridgehead atoms. The number of thiophene rings is 1. The molecule has 0 fully saturated rings. The molecule has 0 atom stereocenters. The van der Waals surface area contributed by atoms with Crippen LogP contribution in [-0.2, 0) is 19.2 Å². The van der Waals surface area contributed by atoms with Crippen molar-refractivity contribution in [2.75, 3.05) is 18.1 Å². The van der Waals surface area contributed by atoms with E-state index in [0.29, 0.717) is 0 Å². The van der Waals surface area contributed by atoms with Crippen LogP contribution in [0.5, 0.6) is 0 Å². The van der Waals surface area contributed by atoms with Gasteiger partial charge >= 0.3 is 0 Å². The second kappa shape index (κ2) is 4.34. The van der Waals surface area contributed by atoms with E-state index in [9.17, 15) is 0 Å². The summed E-state index contributed by atoms with van der Waals surface area (Å²) in [6.07, 6.45) is 1.20. The molecule has 1 N–H and O–H groups in total. The maximum atomic E-state index is 4.25. The molecule has 17 heavy (non-hydrogen) atoms. The summed E-state index contributed by atoms with van der Waals surface area (Å²) in [6, 6.07) is 2.27. The highest BCUT2D eigenvalue weighted by Crippen LogP contribution is 2.36. The molecule has 0 radical (unpaired) electrons. The highest BCUT2D eigenvalue weighted by molar-refractivity contribution is 7.98. The lowest BCUT2D eigenvalue weighted by atomic mass is 10.2. The Labute approximate surface area is 108 Å². The topological polar surface area (TPSA) is 42.7 Å². The summed E-state index contributed by atoms with van der Waals surface area (Å²) in [5.74, 6) is 4.15. The molecular formula is C11H14N4S2. The summed E-state index contributed by atoms with van der Waals surface area (Å²) < 4.78 is 2.00. The Hall–Kier alpha value is -1.01. The third-order valence-corrected chi connectivity index (χ3v) is 5.19. The maximum Gasteiger partial charge on any atom is 0.224 e. The SMILES string of the molecule is CNc1nnc(-c2cc3c(s2)CCSC3)n1C. The van der Waals surface area contributed by atoms with Crippen molar-refractivity contribution in [3.63, 3.8) is 0 Å². The summed E-state index contributed by atoms with van der Waals surface area (Å²) in [5, 5.41) is 11.4. The van der Waals surface area contributed by atoms with Gasteiger partial charge in [-0.2, -0.15) is 11.8 Å². The van der Waals surface area contributed by atoms with Gasteiger partial charge < -0.3 is 5.32 Å². The van der Waals surface area contributed by atoms with Crippen molar-refractivity contribution in [2.24, 2.45) is 7.05 Å². The van der Waals surface area contributed by atoms with Gasteiger partial charge in [0.25, 0.3) is 0 Å². The average molecular weight is 266 g/mol. The quantitative estimate of drug-likeness (QED) is 0.906. The zero-order chi connectivity index (χ0) is 11.8. The first-order chi connectivity index (χ1) is 8.29. The fourth-order valence-corrected chi connectivity index (χ4v) is 4.41. The van der Waals surface area contributed by atoms with E-state index >= 15 is 0 Å². The predicted molar refractivity (Wildman–Crippen MR) is 73.7 cm³/mol. The molecule has 0 saturated carbocycles. The molecule has 3 rings (SSSR count). The van der Waals surface area contributed by atoms with Crippen molar-refractivity contribution in [2.45, 2.75) is 12.2 Å². The van der Waals surface area contributed by atoms with E-state index in [-0.39, 0.29) is 0 Å². The standard InChI is InChI=1S/C11H14N4S2/c1-12-11-14-13-10(15(11)2)9-5-7-6-16-4-3-8(7)17-9/h5H,3-4,6H2,1-2H3,(H,12,14). The normalized spacial score (nSPS) is 14.7. The predicted octanol–water partition coefficient (Wildman–Crippen LogP) is 2.37. The number of nitrogens with zero attached hydrogens (tertiary/aromatic N) is 3. The first kappa shape index (κ1) is 11.1. The van der Waals surface area contributed by atoms with Crippen LogP contribution in [0.3, 0.4) is 0 Å². The summed E-state index contributed by atoms with van der Waals surface area (Å²) in [7, 11) is 3.86. The molecule has 4 nitrogen and oxygen atoms in total. The van der Waals surface area contributed by atoms with E-state index in [1.807, 2.05) is 41.8 Å². The Morgan fingerprint density at radius 1 is 1.41 bits per heavy atom. The Kier molecular flexibility index (Phi) is 2.84. The number of aromatic nitrogens is 3. The summed E-state index contributed by atoms with van der Waals surface area (Å²) >= 11 is 3.87. The van der Waals surface area contributed by atoms with E-state index in [1.165, 1.54) is 27.5 Å². The largest absolute Gasteiger partial charge is 0.357 e. The van der Waals surface area contributed by atoms with E-state index in [0.717, 1.165) is 17.5 Å². The Morgan fingerprint density at radius 3 is 3.00 bits per heavy atom. The molecule has 0 aromatic carbocycles. The molecule has 0 amide bonds. The highest BCUT2D eigenvalue weighted by atomic mass is 32.2. The van der Waals surface area contributed by atoms with Crippen molar-refractivity contribution < 1.29 is 0 Å². The van der Waals surface area contributed by atoms with Crippen molar-refractivity contribution in [3.05, 3.63) is 16.5 Å². The number of fused-ring (bicyclic) bond motifs is 1. The monoisotopic (exact) mass is 266 g/mol. The van der Waals surface area contributed by atoms with Gasteiger partial charge in [-0.25, -0.2) is 0 Å². The van der Waals surface area contributed by atoms with E-state index in [2.05, 4.69) is 21.6 Å². The van der Waals surface area contributed by atoms with Crippen LogP contribution in [0, 0.1) is 0 Å². The second-order valence-corrected chi connectivity index (χ2v) is 6.26. The molecule has 0 saturated heterocycles. The number of anilines is 1. The molecular weight excluding hydrogens is 252 g/mol. The third-order valence-electron chi connectivity index (χ3n) is 2.95. The molecule has 6 heteroatoms. The fourth-order valence-electron chi connectivity index (χ4n) is 2.02. The number of nitrogens with one attached hydrogen (secondary N) is 1. The van der Waals surface area contributed by atoms with Gasteiger partial charge in [0.15, 0.2) is 5.82 Å². The van der Waals surface area contributed by atoms with Crippen LogP contribution in [0.4, 0.5) is 5.95 Å². The van der Waals surface area contributed by atoms with Gasteiger partial charge in [0.1, 0.15) is 0 Å². The fraction of sp³-hybridized carbons (Fsp3) is 0.455. The molecule has 1 aliphatic rings. The minimum absolute atomic E-state index is 0.806. The van der Waals surface area contributed by atoms with Crippen molar-refractivity contribution >= 4 is 29.0 Å². The molecule has 90 valence electrons. The third kappa shape index (κ3) is 1.85. The molecule has 2 aromatic heterocycles. The lowest BCUT2D eigenvalue weighted by Gasteiger charge is -2.08. The van der Waals surface area contributed by atoms with Gasteiger partial charge in [-0.15, -0.1) is 21.5 Å². The second-order valence-electron chi connectivity index (χ2n) is 4.02. The van der Waals surface area contributed by atoms with E-state index < -0.39 is 0 Å². The lowest BCUT2D eigenvalue weighted by Crippen LogP contribution is -1.99. The summed E-state index contributed by atoms with van der Waals surface area (Å²) in [4.78, 5) is 2.75. The average Bonchev–Trinajstić information content (AvgIpc) is 2.91. The van der Waals surface area contributed by atoms with Gasteiger partial charge in [-0.05, 0) is 23.8 Å². The van der Waals surface area contributed by atoms with Crippen molar-refractivity contribution in [1.82, 2.24) is 14.8 Å². The molecule has 0 aliphatic carbocycles. The van der Waals surface area contributed by atoms with Gasteiger partial charge in [0, 0.05) is 24.7 Å². The van der Waals surface area contributed by atoms with E-state index in [4.69, 9.17) is 0 Å². The van der Waals surface area contributed by atoms with Crippen LogP contribution in [-0.4, -0.2) is 27.6 Å². The number of hydrogen-bond donors (Lipinski definition) is 1. The Balaban J connectivity index is 2.03. The first-order valence-corrected chi connectivity index (χ1v) is 7.53. The smallest absolute Gasteiger partial charge is 0.224 e. The number of aryl methyl sites for hydroxylation is 1. The molecule has 0 spiro atoms. The molecule has 3 heterocycles. The number of rotatable bonds is 2. The van der Waals surface area contributed by atoms with Crippen molar-refractivity contribution in [1.29, 1.82) is 0 Å². The molecule has 0 unspecified atom stereocenters. The van der Waals surface area contributed by atoms with Crippen LogP contribution in [0.2, 0.25) is 0 Å². The van der Waals surface area contributed by atoms with Crippen LogP contribution >= 0.6 is 23.1 Å². The minimum atomic E-state index is 0.806. The van der Waals surface area contributed by atoms with E-state index in [1.54, 1.807) is 0 Å². The zero-order valence-electron chi connectivity index (χ0n) is 9.86. The highest BCUT2D eigenvalue weighted by Gasteiger charge is 2.17. The molecule has 1 aliphatic heterocycles. The minimum Gasteiger partial charge on any atom is -0.357 e. The Bertz CT molecular complexity index is 520. The van der Waals surface area contributed by atoms with Gasteiger partial charge in [-0.1, -0.05) is 0 Å². The lowest BCUT2D eigenvalue weighted by molar-refractivity contribution is 0.927. The number of hydrogen-bond acceptors (Lipinski definition) is 5. The van der Waals surface area contributed by atoms with Crippen LogP contribution in [0.15, 0.2) is 6.07 Å². The summed E-state index contributed by atoms with van der Waals surface area (Å²) in [5.41, 5.74) is 1.48. The zero-order valence-corrected chi connectivity index (χ0v) is 11.5. The van der Waals surface area contributed by atoms with Crippen molar-refractivity contribution in [3.8, 4) is 10.7 Å². The first-order valence-electron chi connectivity index (χ1n) is 5.56. The molecule has 2 aromatic rings. The summed E-state index contributed by atoms with van der Waals surface area (Å²) in [6.45, 7) is 0. The van der Waals surface area contributed by atoms with Gasteiger partial charge in [0.05, 0.1) is 4.88 Å². The Morgan fingerprint density at radius 2 is 2.29 bits per heavy atom. The van der Waals surface area contributed by atoms with Gasteiger partial charge in [0.2, 0.25) is 5.95 Å². The van der Waals surface area contributed by atoms with Gasteiger partial charge in [-0.3, -0.25) is 4.57 Å². The van der Waals surface area contributed by atoms with Crippen LogP contribution < -0.4 is 5.32 Å². The van der Waals surface area contributed by atoms with Crippen LogP contribution in [0.25, 0.3) is 10.7 Å². The van der Waals surface area contributed by atoms with Crippen LogP contribution in [0.1, 0.15) is 10.4 Å². The maximum absolute atomic E-state index is 4.25. The number of thioether (sulfide) groups is 1.